The summed E-state index contributed by atoms with van der Waals surface area (Å²) in [5.74, 6) is 0. The highest BCUT2D eigenvalue weighted by molar-refractivity contribution is 6.79. The predicted molar refractivity (Wildman–Crippen MR) is 52.2 cm³/mol. The van der Waals surface area contributed by atoms with Crippen LogP contribution in [0.25, 0.3) is 0 Å². The molecule has 0 aliphatic heterocycles. The van der Waals surface area contributed by atoms with E-state index in [-0.39, 0.29) is 6.61 Å². The van der Waals surface area contributed by atoms with E-state index in [9.17, 15) is 5.11 Å². The Morgan fingerprint density at radius 1 is 1.00 bits per heavy atom. The summed E-state index contributed by atoms with van der Waals surface area (Å²) in [6, 6.07) is 5.35. The van der Waals surface area contributed by atoms with Crippen molar-refractivity contribution in [2.75, 3.05) is 6.61 Å². The van der Waals surface area contributed by atoms with Gasteiger partial charge < -0.3 is 0 Å². The van der Waals surface area contributed by atoms with Crippen LogP contribution in [0.1, 0.15) is 27.2 Å². The molecule has 11 heavy (non-hydrogen) atoms. The summed E-state index contributed by atoms with van der Waals surface area (Å²) < 4.78 is 0. The molecule has 0 heterocycles. The molecule has 1 radical (unpaired) electrons. The summed E-state index contributed by atoms with van der Waals surface area (Å²) in [5.41, 5.74) is 0. The highest BCUT2D eigenvalue weighted by atomic mass is 28.3. The summed E-state index contributed by atoms with van der Waals surface area (Å²) in [4.78, 5) is 0. The molecule has 0 bridgehead atoms. The zero-order valence-corrected chi connectivity index (χ0v) is 9.15. The molecule has 0 aromatic heterocycles. The van der Waals surface area contributed by atoms with Crippen LogP contribution >= 0.6 is 0 Å². The summed E-state index contributed by atoms with van der Waals surface area (Å²) in [7, 11) is -0.938. The van der Waals surface area contributed by atoms with E-state index >= 15 is 0 Å². The quantitative estimate of drug-likeness (QED) is 0.549. The second-order valence-corrected chi connectivity index (χ2v) is 8.99. The van der Waals surface area contributed by atoms with Gasteiger partial charge in [-0.2, -0.15) is 0 Å². The molecule has 2 heteroatoms. The molecule has 0 atom stereocenters. The van der Waals surface area contributed by atoms with Crippen molar-refractivity contribution in [3.8, 4) is 0 Å². The van der Waals surface area contributed by atoms with E-state index in [0.29, 0.717) is 0 Å². The van der Waals surface area contributed by atoms with Crippen molar-refractivity contribution in [2.24, 2.45) is 0 Å². The van der Waals surface area contributed by atoms with Crippen LogP contribution in [0.15, 0.2) is 0 Å². The van der Waals surface area contributed by atoms with Crippen molar-refractivity contribution in [1.29, 1.82) is 0 Å². The van der Waals surface area contributed by atoms with Crippen LogP contribution in [0, 0.1) is 0 Å². The van der Waals surface area contributed by atoms with E-state index in [0.717, 1.165) is 6.42 Å². The summed E-state index contributed by atoms with van der Waals surface area (Å²) in [5, 5.41) is 10.3. The molecule has 0 aromatic carbocycles. The average Bonchev–Trinajstić information content (AvgIpc) is 2.08. The van der Waals surface area contributed by atoms with Gasteiger partial charge in [-0.15, -0.1) is 0 Å². The molecule has 0 amide bonds. The van der Waals surface area contributed by atoms with Gasteiger partial charge >= 0.3 is 0 Å². The predicted octanol–water partition coefficient (Wildman–Crippen LogP) is 3.32. The van der Waals surface area contributed by atoms with Crippen molar-refractivity contribution in [2.45, 2.75) is 51.4 Å². The van der Waals surface area contributed by atoms with Gasteiger partial charge in [0.1, 0.15) is 0 Å². The maximum atomic E-state index is 10.3. The van der Waals surface area contributed by atoms with Gasteiger partial charge in [-0.05, 0) is 6.42 Å². The van der Waals surface area contributed by atoms with Crippen molar-refractivity contribution < 1.29 is 5.11 Å². The van der Waals surface area contributed by atoms with Crippen molar-refractivity contribution in [3.05, 3.63) is 0 Å². The summed E-state index contributed by atoms with van der Waals surface area (Å²) in [6.45, 7) is 7.02. The van der Waals surface area contributed by atoms with Gasteiger partial charge in [0.2, 0.25) is 0 Å². The molecular weight excluding hydrogens is 152 g/mol. The Labute approximate surface area is 71.8 Å². The van der Waals surface area contributed by atoms with Crippen LogP contribution in [0.2, 0.25) is 24.2 Å². The van der Waals surface area contributed by atoms with Gasteiger partial charge in [0.25, 0.3) is 0 Å². The first-order chi connectivity index (χ1) is 5.24. The van der Waals surface area contributed by atoms with Crippen LogP contribution < -0.4 is 0 Å². The lowest BCUT2D eigenvalue weighted by Gasteiger charge is -2.27. The van der Waals surface area contributed by atoms with E-state index < -0.39 is 8.07 Å². The largest absolute Gasteiger partial charge is 0.237 e. The molecule has 0 rings (SSSR count). The molecule has 0 aromatic rings. The molecule has 1 nitrogen and oxygen atoms in total. The van der Waals surface area contributed by atoms with Crippen LogP contribution in [-0.2, 0) is 5.11 Å². The fourth-order valence-corrected chi connectivity index (χ4v) is 5.18. The van der Waals surface area contributed by atoms with Crippen LogP contribution in [0.3, 0.4) is 0 Å². The van der Waals surface area contributed by atoms with Gasteiger partial charge in [-0.3, -0.25) is 0 Å². The normalized spacial score (nSPS) is 12.0. The van der Waals surface area contributed by atoms with E-state index in [1.807, 2.05) is 0 Å². The van der Waals surface area contributed by atoms with E-state index in [1.165, 1.54) is 24.2 Å². The fourth-order valence-electron chi connectivity index (χ4n) is 1.73. The van der Waals surface area contributed by atoms with E-state index in [2.05, 4.69) is 20.8 Å². The topological polar surface area (TPSA) is 19.9 Å². The Bertz CT molecular complexity index is 81.3. The monoisotopic (exact) mass is 173 g/mol. The molecule has 0 saturated carbocycles. The fraction of sp³-hybridized carbons (Fsp3) is 1.00. The third-order valence-corrected chi connectivity index (χ3v) is 9.02. The summed E-state index contributed by atoms with van der Waals surface area (Å²) >= 11 is 0. The Balaban J connectivity index is 3.84. The second kappa shape index (κ2) is 5.78. The Hall–Kier alpha value is 0.177. The lowest BCUT2D eigenvalue weighted by Crippen LogP contribution is -2.30. The maximum absolute atomic E-state index is 10.3. The van der Waals surface area contributed by atoms with Gasteiger partial charge in [0, 0.05) is 0 Å². The smallest absolute Gasteiger partial charge is 0.0819 e. The average molecular weight is 173 g/mol. The maximum Gasteiger partial charge on any atom is 0.0819 e. The highest BCUT2D eigenvalue weighted by Gasteiger charge is 2.25. The SMILES string of the molecule is CC[Si](CC)(CC)CCC[O]. The molecule has 0 N–H and O–H groups in total. The number of rotatable bonds is 6. The van der Waals surface area contributed by atoms with Crippen molar-refractivity contribution in [3.63, 3.8) is 0 Å². The first-order valence-corrected chi connectivity index (χ1v) is 7.65. The molecule has 67 valence electrons. The van der Waals surface area contributed by atoms with Crippen molar-refractivity contribution in [1.82, 2.24) is 0 Å². The Kier molecular flexibility index (Phi) is 5.87. The third-order valence-electron chi connectivity index (χ3n) is 3.10. The van der Waals surface area contributed by atoms with Gasteiger partial charge in [0.15, 0.2) is 0 Å². The number of hydrogen-bond acceptors (Lipinski definition) is 0. The third kappa shape index (κ3) is 3.39. The molecule has 0 fully saturated rings. The highest BCUT2D eigenvalue weighted by Crippen LogP contribution is 2.25. The first-order valence-electron chi connectivity index (χ1n) is 4.82. The van der Waals surface area contributed by atoms with Gasteiger partial charge in [-0.1, -0.05) is 44.9 Å². The van der Waals surface area contributed by atoms with Crippen LogP contribution in [-0.4, -0.2) is 14.7 Å². The van der Waals surface area contributed by atoms with Crippen LogP contribution in [0.5, 0.6) is 0 Å². The van der Waals surface area contributed by atoms with E-state index in [4.69, 9.17) is 0 Å². The minimum atomic E-state index is -0.938. The number of hydrogen-bond donors (Lipinski definition) is 0. The first kappa shape index (κ1) is 11.2. The minimum Gasteiger partial charge on any atom is -0.237 e. The zero-order chi connectivity index (χ0) is 8.74. The molecule has 0 aliphatic carbocycles. The molecule has 0 unspecified atom stereocenters. The van der Waals surface area contributed by atoms with E-state index in [1.54, 1.807) is 0 Å². The lowest BCUT2D eigenvalue weighted by molar-refractivity contribution is 0.193. The molecular formula is C9H21OSi. The Morgan fingerprint density at radius 3 is 1.73 bits per heavy atom. The Morgan fingerprint density at radius 2 is 1.45 bits per heavy atom. The summed E-state index contributed by atoms with van der Waals surface area (Å²) in [6.07, 6.45) is 0.918. The minimum absolute atomic E-state index is 0.134. The van der Waals surface area contributed by atoms with Crippen LogP contribution in [0.4, 0.5) is 0 Å². The lowest BCUT2D eigenvalue weighted by atomic mass is 10.5. The molecule has 0 saturated heterocycles. The zero-order valence-electron chi connectivity index (χ0n) is 8.15. The standard InChI is InChI=1S/C9H21OSi/c1-4-11(5-2,6-3)9-7-8-10/h4-9H2,1-3H3. The van der Waals surface area contributed by atoms with Crippen molar-refractivity contribution >= 4 is 8.07 Å². The molecule has 0 aliphatic rings. The van der Waals surface area contributed by atoms with Gasteiger partial charge in [-0.25, -0.2) is 5.11 Å². The molecule has 0 spiro atoms. The van der Waals surface area contributed by atoms with Gasteiger partial charge in [0.05, 0.1) is 14.7 Å². The second-order valence-electron chi connectivity index (χ2n) is 3.37.